The highest BCUT2D eigenvalue weighted by molar-refractivity contribution is 5.94. The normalized spacial score (nSPS) is 24.1. The molecule has 27 heavy (non-hydrogen) atoms. The van der Waals surface area contributed by atoms with Crippen LogP contribution in [0.2, 0.25) is 0 Å². The van der Waals surface area contributed by atoms with E-state index in [1.165, 1.54) is 10.8 Å². The fourth-order valence-corrected chi connectivity index (χ4v) is 4.09. The summed E-state index contributed by atoms with van der Waals surface area (Å²) in [5.41, 5.74) is 1.92. The van der Waals surface area contributed by atoms with Crippen LogP contribution in [0.3, 0.4) is 0 Å². The molecule has 1 amide bonds. The lowest BCUT2D eigenvalue weighted by molar-refractivity contribution is -0.126. The monoisotopic (exact) mass is 358 g/mol. The summed E-state index contributed by atoms with van der Waals surface area (Å²) >= 11 is 0. The number of fused-ring (bicyclic) bond motifs is 4. The van der Waals surface area contributed by atoms with E-state index in [1.54, 1.807) is 0 Å². The lowest BCUT2D eigenvalue weighted by atomic mass is 10.0. The first-order valence-corrected chi connectivity index (χ1v) is 9.50. The molecule has 1 unspecified atom stereocenters. The van der Waals surface area contributed by atoms with Crippen molar-refractivity contribution in [1.82, 2.24) is 14.8 Å². The van der Waals surface area contributed by atoms with E-state index in [0.717, 1.165) is 44.0 Å². The van der Waals surface area contributed by atoms with Gasteiger partial charge >= 0.3 is 0 Å². The van der Waals surface area contributed by atoms with Gasteiger partial charge in [-0.15, -0.1) is 0 Å². The maximum absolute atomic E-state index is 12.8. The fourth-order valence-electron chi connectivity index (χ4n) is 4.09. The second kappa shape index (κ2) is 6.76. The molecule has 5 heteroatoms. The van der Waals surface area contributed by atoms with Crippen LogP contribution in [0.25, 0.3) is 22.0 Å². The molecule has 3 fully saturated rings. The summed E-state index contributed by atoms with van der Waals surface area (Å²) in [6.07, 6.45) is 0. The molecule has 6 rings (SSSR count). The van der Waals surface area contributed by atoms with Crippen molar-refractivity contribution in [2.45, 2.75) is 6.04 Å². The molecule has 5 nitrogen and oxygen atoms in total. The molecule has 4 heterocycles. The van der Waals surface area contributed by atoms with Crippen molar-refractivity contribution in [2.75, 3.05) is 38.0 Å². The minimum absolute atomic E-state index is 0.0440. The third kappa shape index (κ3) is 3.20. The summed E-state index contributed by atoms with van der Waals surface area (Å²) in [6, 6.07) is 20.3. The second-order valence-corrected chi connectivity index (χ2v) is 7.31. The number of hydrogen-bond acceptors (Lipinski definition) is 4. The molecule has 3 aromatic rings. The maximum Gasteiger partial charge on any atom is 0.244 e. The van der Waals surface area contributed by atoms with Crippen LogP contribution in [0, 0.1) is 0 Å². The van der Waals surface area contributed by atoms with Gasteiger partial charge in [0.25, 0.3) is 0 Å². The Morgan fingerprint density at radius 1 is 0.926 bits per heavy atom. The van der Waals surface area contributed by atoms with Crippen molar-refractivity contribution in [3.63, 3.8) is 0 Å². The lowest BCUT2D eigenvalue weighted by Gasteiger charge is -2.46. The molecule has 0 saturated carbocycles. The van der Waals surface area contributed by atoms with Gasteiger partial charge in [0.15, 0.2) is 0 Å². The predicted molar refractivity (Wildman–Crippen MR) is 108 cm³/mol. The van der Waals surface area contributed by atoms with Gasteiger partial charge in [0.2, 0.25) is 5.91 Å². The van der Waals surface area contributed by atoms with Crippen molar-refractivity contribution < 1.29 is 4.79 Å². The van der Waals surface area contributed by atoms with E-state index < -0.39 is 0 Å². The van der Waals surface area contributed by atoms with Gasteiger partial charge in [0.05, 0.1) is 5.69 Å². The number of carbonyl (C=O) groups is 1. The van der Waals surface area contributed by atoms with E-state index in [0.29, 0.717) is 5.82 Å². The number of anilines is 1. The van der Waals surface area contributed by atoms with Gasteiger partial charge in [-0.3, -0.25) is 14.6 Å². The Hall–Kier alpha value is -2.76. The highest BCUT2D eigenvalue weighted by Crippen LogP contribution is 2.24. The van der Waals surface area contributed by atoms with Gasteiger partial charge in [0, 0.05) is 38.3 Å². The Morgan fingerprint density at radius 2 is 1.74 bits per heavy atom. The molecule has 3 aliphatic rings. The quantitative estimate of drug-likeness (QED) is 0.782. The minimum atomic E-state index is -0.0707. The topological polar surface area (TPSA) is 48.5 Å². The Bertz CT molecular complexity index is 994. The molecule has 2 aromatic carbocycles. The molecular formula is C22H22N4O. The fraction of sp³-hybridized carbons (Fsp3) is 0.273. The SMILES string of the molecule is O=C(Nc1cccc(-c2ccc3ccccc3c2)n1)C1CN2CCN1CC2. The van der Waals surface area contributed by atoms with Crippen molar-refractivity contribution >= 4 is 22.5 Å². The molecule has 3 aliphatic heterocycles. The zero-order chi connectivity index (χ0) is 18.2. The smallest absolute Gasteiger partial charge is 0.244 e. The van der Waals surface area contributed by atoms with Crippen LogP contribution < -0.4 is 5.32 Å². The molecule has 0 aliphatic carbocycles. The van der Waals surface area contributed by atoms with E-state index in [9.17, 15) is 4.79 Å². The Morgan fingerprint density at radius 3 is 2.52 bits per heavy atom. The summed E-state index contributed by atoms with van der Waals surface area (Å²) < 4.78 is 0. The van der Waals surface area contributed by atoms with Crippen LogP contribution in [0.5, 0.6) is 0 Å². The Balaban J connectivity index is 1.37. The third-order valence-electron chi connectivity index (χ3n) is 5.63. The van der Waals surface area contributed by atoms with Crippen LogP contribution in [0.15, 0.2) is 60.7 Å². The van der Waals surface area contributed by atoms with Crippen molar-refractivity contribution in [1.29, 1.82) is 0 Å². The molecule has 0 spiro atoms. The van der Waals surface area contributed by atoms with Gasteiger partial charge in [0.1, 0.15) is 11.9 Å². The summed E-state index contributed by atoms with van der Waals surface area (Å²) in [6.45, 7) is 4.90. The Labute approximate surface area is 158 Å². The number of hydrogen-bond donors (Lipinski definition) is 1. The van der Waals surface area contributed by atoms with Crippen molar-refractivity contribution in [3.05, 3.63) is 60.7 Å². The first kappa shape index (κ1) is 16.4. The zero-order valence-corrected chi connectivity index (χ0v) is 15.1. The Kier molecular flexibility index (Phi) is 4.11. The van der Waals surface area contributed by atoms with E-state index in [4.69, 9.17) is 0 Å². The van der Waals surface area contributed by atoms with Crippen LogP contribution in [-0.2, 0) is 4.79 Å². The summed E-state index contributed by atoms with van der Waals surface area (Å²) in [4.78, 5) is 22.1. The van der Waals surface area contributed by atoms with Crippen molar-refractivity contribution in [2.24, 2.45) is 0 Å². The van der Waals surface area contributed by atoms with E-state index in [-0.39, 0.29) is 11.9 Å². The van der Waals surface area contributed by atoms with E-state index in [2.05, 4.69) is 50.4 Å². The lowest BCUT2D eigenvalue weighted by Crippen LogP contribution is -2.64. The summed E-state index contributed by atoms with van der Waals surface area (Å²) in [7, 11) is 0. The molecular weight excluding hydrogens is 336 g/mol. The average Bonchev–Trinajstić information content (AvgIpc) is 2.74. The summed E-state index contributed by atoms with van der Waals surface area (Å²) in [5, 5.41) is 5.42. The van der Waals surface area contributed by atoms with Crippen LogP contribution in [0.4, 0.5) is 5.82 Å². The average molecular weight is 358 g/mol. The van der Waals surface area contributed by atoms with Crippen LogP contribution in [-0.4, -0.2) is 59.5 Å². The molecule has 2 bridgehead atoms. The number of nitrogens with zero attached hydrogens (tertiary/aromatic N) is 3. The standard InChI is InChI=1S/C22H22N4O/c27-22(20-15-25-10-12-26(20)13-11-25)24-21-7-3-6-19(23-21)18-9-8-16-4-1-2-5-17(16)14-18/h1-9,14,20H,10-13,15H2,(H,23,24,27). The number of carbonyl (C=O) groups excluding carboxylic acids is 1. The number of benzene rings is 2. The van der Waals surface area contributed by atoms with Crippen molar-refractivity contribution in [3.8, 4) is 11.3 Å². The highest BCUT2D eigenvalue weighted by Gasteiger charge is 2.36. The predicted octanol–water partition coefficient (Wildman–Crippen LogP) is 2.84. The second-order valence-electron chi connectivity index (χ2n) is 7.31. The van der Waals surface area contributed by atoms with E-state index >= 15 is 0 Å². The van der Waals surface area contributed by atoms with Crippen LogP contribution >= 0.6 is 0 Å². The molecule has 136 valence electrons. The van der Waals surface area contributed by atoms with Gasteiger partial charge in [-0.25, -0.2) is 4.98 Å². The summed E-state index contributed by atoms with van der Waals surface area (Å²) in [5.74, 6) is 0.658. The molecule has 0 radical (unpaired) electrons. The number of rotatable bonds is 3. The highest BCUT2D eigenvalue weighted by atomic mass is 16.2. The number of pyridine rings is 1. The van der Waals surface area contributed by atoms with Gasteiger partial charge in [-0.05, 0) is 29.0 Å². The number of amides is 1. The zero-order valence-electron chi connectivity index (χ0n) is 15.1. The number of nitrogens with one attached hydrogen (secondary N) is 1. The molecule has 3 saturated heterocycles. The number of piperazine rings is 3. The molecule has 1 N–H and O–H groups in total. The van der Waals surface area contributed by atoms with E-state index in [1.807, 2.05) is 30.3 Å². The number of aromatic nitrogens is 1. The molecule has 1 aromatic heterocycles. The maximum atomic E-state index is 12.8. The van der Waals surface area contributed by atoms with Gasteiger partial charge in [-0.1, -0.05) is 42.5 Å². The van der Waals surface area contributed by atoms with Gasteiger partial charge < -0.3 is 5.32 Å². The van der Waals surface area contributed by atoms with Crippen LogP contribution in [0.1, 0.15) is 0 Å². The first-order chi connectivity index (χ1) is 13.3. The minimum Gasteiger partial charge on any atom is -0.309 e. The largest absolute Gasteiger partial charge is 0.309 e. The molecule has 1 atom stereocenters. The third-order valence-corrected chi connectivity index (χ3v) is 5.63. The van der Waals surface area contributed by atoms with Gasteiger partial charge in [-0.2, -0.15) is 0 Å². The first-order valence-electron chi connectivity index (χ1n) is 9.50.